The molecule has 0 aromatic heterocycles. The van der Waals surface area contributed by atoms with Crippen LogP contribution in [0.2, 0.25) is 0 Å². The van der Waals surface area contributed by atoms with Gasteiger partial charge in [0, 0.05) is 0 Å². The van der Waals surface area contributed by atoms with Crippen molar-refractivity contribution in [1.82, 2.24) is 0 Å². The van der Waals surface area contributed by atoms with Gasteiger partial charge in [-0.15, -0.1) is 0 Å². The van der Waals surface area contributed by atoms with Crippen molar-refractivity contribution in [1.29, 1.82) is 0 Å². The van der Waals surface area contributed by atoms with Crippen LogP contribution in [0.25, 0.3) is 0 Å². The van der Waals surface area contributed by atoms with Crippen molar-refractivity contribution in [2.45, 2.75) is 0 Å². The minimum absolute atomic E-state index is 0. The van der Waals surface area contributed by atoms with Crippen molar-refractivity contribution in [3.05, 3.63) is 0 Å². The van der Waals surface area contributed by atoms with Crippen molar-refractivity contribution in [2.24, 2.45) is 0 Å². The second-order valence-electron chi connectivity index (χ2n) is 0.958. The fourth-order valence-corrected chi connectivity index (χ4v) is 0. The molecule has 0 aliphatic heterocycles. The molecule has 0 radical (unpaired) electrons. The summed E-state index contributed by atoms with van der Waals surface area (Å²) in [5.41, 5.74) is 0. The van der Waals surface area contributed by atoms with Crippen LogP contribution in [0, 0.1) is 0 Å². The third kappa shape index (κ3) is 308. The van der Waals surface area contributed by atoms with E-state index < -0.39 is 14.2 Å². The monoisotopic (exact) mass is 296 g/mol. The van der Waals surface area contributed by atoms with Crippen molar-refractivity contribution in [3.8, 4) is 0 Å². The van der Waals surface area contributed by atoms with Crippen molar-refractivity contribution >= 4 is 14.2 Å². The molecule has 0 saturated carbocycles. The van der Waals surface area contributed by atoms with Gasteiger partial charge in [-0.3, -0.25) is 0 Å². The Hall–Kier alpha value is 0.879. The zero-order valence-electron chi connectivity index (χ0n) is 3.02. The maximum atomic E-state index is 9.91. The van der Waals surface area contributed by atoms with Gasteiger partial charge in [0.15, 0.2) is 0 Å². The molecule has 0 aromatic rings. The molecular formula is AgAsF6. The molecule has 0 aliphatic carbocycles. The van der Waals surface area contributed by atoms with Crippen molar-refractivity contribution in [2.75, 3.05) is 0 Å². The van der Waals surface area contributed by atoms with E-state index in [1.807, 2.05) is 0 Å². The zero-order valence-corrected chi connectivity index (χ0v) is 6.38. The molecule has 0 fully saturated rings. The minimum Gasteiger partial charge on any atom is 1.00 e. The Morgan fingerprint density at radius 3 is 0.625 bits per heavy atom. The summed E-state index contributed by atoms with van der Waals surface area (Å²) < 4.78 is 59.4. The summed E-state index contributed by atoms with van der Waals surface area (Å²) in [5.74, 6) is 0. The first kappa shape index (κ1) is 11.6. The van der Waals surface area contributed by atoms with Gasteiger partial charge in [0.2, 0.25) is 0 Å². The van der Waals surface area contributed by atoms with Gasteiger partial charge in [0.05, 0.1) is 0 Å². The Bertz CT molecular complexity index is 67.1. The molecule has 58 valence electrons. The molecule has 0 amide bonds. The van der Waals surface area contributed by atoms with Crippen LogP contribution < -0.4 is 0 Å². The van der Waals surface area contributed by atoms with Crippen LogP contribution in [0.1, 0.15) is 0 Å². The predicted molar refractivity (Wildman–Crippen MR) is 12.4 cm³/mol. The molecule has 0 saturated heterocycles. The van der Waals surface area contributed by atoms with Crippen LogP contribution in [0.3, 0.4) is 0 Å². The van der Waals surface area contributed by atoms with Crippen LogP contribution in [-0.4, -0.2) is 14.2 Å². The van der Waals surface area contributed by atoms with Crippen LogP contribution in [0.15, 0.2) is 0 Å². The zero-order chi connectivity index (χ0) is 6.41. The van der Waals surface area contributed by atoms with E-state index in [9.17, 15) is 20.8 Å². The Balaban J connectivity index is 0. The second kappa shape index (κ2) is 1.48. The van der Waals surface area contributed by atoms with E-state index in [2.05, 4.69) is 0 Å². The second-order valence-corrected chi connectivity index (χ2v) is 4.98. The van der Waals surface area contributed by atoms with E-state index in [0.717, 1.165) is 0 Å². The largest absolute Gasteiger partial charge is 1.00 e. The van der Waals surface area contributed by atoms with Gasteiger partial charge in [-0.25, -0.2) is 0 Å². The summed E-state index contributed by atoms with van der Waals surface area (Å²) in [5, 5.41) is 0. The fraction of sp³-hybridized carbons (Fsp3) is 0. The van der Waals surface area contributed by atoms with E-state index in [4.69, 9.17) is 0 Å². The van der Waals surface area contributed by atoms with Crippen LogP contribution >= 0.6 is 0 Å². The molecule has 8 heavy (non-hydrogen) atoms. The molecule has 8 heteroatoms. The molecule has 0 atom stereocenters. The Morgan fingerprint density at radius 2 is 0.625 bits per heavy atom. The van der Waals surface area contributed by atoms with E-state index in [0.29, 0.717) is 0 Å². The maximum Gasteiger partial charge on any atom is 1.00 e. The molecule has 0 N–H and O–H groups in total. The van der Waals surface area contributed by atoms with Gasteiger partial charge in [0.1, 0.15) is 0 Å². The summed E-state index contributed by atoms with van der Waals surface area (Å²) in [6, 6.07) is 0. The van der Waals surface area contributed by atoms with Gasteiger partial charge in [-0.2, -0.15) is 0 Å². The Kier molecular flexibility index (Phi) is 2.15. The van der Waals surface area contributed by atoms with E-state index in [1.165, 1.54) is 0 Å². The minimum atomic E-state index is -11.1. The smallest absolute Gasteiger partial charge is 1.00 e. The summed E-state index contributed by atoms with van der Waals surface area (Å²) in [4.78, 5) is 0. The van der Waals surface area contributed by atoms with Crippen LogP contribution in [-0.2, 0) is 22.4 Å². The first-order chi connectivity index (χ1) is 2.45. The standard InChI is InChI=1S/Ag.AsF6/c;2-1(3,4,5,6)7/q+1;-1. The molecular weight excluding hydrogens is 297 g/mol. The fourth-order valence-electron chi connectivity index (χ4n) is 0. The van der Waals surface area contributed by atoms with Crippen molar-refractivity contribution < 1.29 is 43.2 Å². The first-order valence-corrected chi connectivity index (χ1v) is 5.27. The van der Waals surface area contributed by atoms with E-state index in [1.54, 1.807) is 0 Å². The third-order valence-electron chi connectivity index (χ3n) is 0. The molecule has 0 rings (SSSR count). The van der Waals surface area contributed by atoms with Crippen LogP contribution in [0.4, 0.5) is 20.8 Å². The number of rotatable bonds is 0. The van der Waals surface area contributed by atoms with Gasteiger partial charge >= 0.3 is 57.4 Å². The normalized spacial score (nSPS) is 20.2. The first-order valence-electron chi connectivity index (χ1n) is 1.01. The van der Waals surface area contributed by atoms with Gasteiger partial charge in [0.25, 0.3) is 0 Å². The quantitative estimate of drug-likeness (QED) is 0.475. The Morgan fingerprint density at radius 1 is 0.625 bits per heavy atom. The van der Waals surface area contributed by atoms with E-state index >= 15 is 0 Å². The van der Waals surface area contributed by atoms with Gasteiger partial charge in [-0.1, -0.05) is 0 Å². The molecule has 0 spiro atoms. The molecule has 0 nitrogen and oxygen atoms in total. The number of hydrogen-bond acceptors (Lipinski definition) is 0. The number of halogens is 6. The summed E-state index contributed by atoms with van der Waals surface area (Å²) in [6.07, 6.45) is 0. The Labute approximate surface area is 57.6 Å². The van der Waals surface area contributed by atoms with Crippen molar-refractivity contribution in [3.63, 3.8) is 0 Å². The maximum absolute atomic E-state index is 11.1. The van der Waals surface area contributed by atoms with E-state index in [-0.39, 0.29) is 22.4 Å². The average Bonchev–Trinajstić information content (AvgIpc) is 0.592. The predicted octanol–water partition coefficient (Wildman–Crippen LogP) is 2.14. The third-order valence-corrected chi connectivity index (χ3v) is 0. The SMILES string of the molecule is F[As-](F)(F)(F)(F)F.[Ag+]. The molecule has 0 unspecified atom stereocenters. The van der Waals surface area contributed by atoms with Gasteiger partial charge < -0.3 is 0 Å². The average molecular weight is 297 g/mol. The summed E-state index contributed by atoms with van der Waals surface area (Å²) in [7, 11) is 0. The summed E-state index contributed by atoms with van der Waals surface area (Å²) >= 11 is -11.1. The summed E-state index contributed by atoms with van der Waals surface area (Å²) in [6.45, 7) is 0. The molecule has 0 bridgehead atoms. The van der Waals surface area contributed by atoms with Gasteiger partial charge in [-0.05, 0) is 0 Å². The molecule has 0 aliphatic rings. The number of hydrogen-bond donors (Lipinski definition) is 0. The molecule has 0 heterocycles. The van der Waals surface area contributed by atoms with Crippen LogP contribution in [0.5, 0.6) is 0 Å². The topological polar surface area (TPSA) is 0 Å². The molecule has 0 aromatic carbocycles.